The summed E-state index contributed by atoms with van der Waals surface area (Å²) in [5, 5.41) is -0.289. The van der Waals surface area contributed by atoms with Crippen LogP contribution in [0.25, 0.3) is 6.08 Å². The Kier molecular flexibility index (Phi) is 5.96. The van der Waals surface area contributed by atoms with Crippen LogP contribution < -0.4 is 4.74 Å². The Hall–Kier alpha value is -2.31. The van der Waals surface area contributed by atoms with Gasteiger partial charge in [-0.05, 0) is 41.6 Å². The molecule has 1 aliphatic rings. The molecule has 0 atom stereocenters. The lowest BCUT2D eigenvalue weighted by atomic mass is 10.1. The van der Waals surface area contributed by atoms with Crippen LogP contribution in [-0.4, -0.2) is 22.6 Å². The van der Waals surface area contributed by atoms with E-state index in [9.17, 15) is 9.59 Å². The molecule has 1 heterocycles. The Bertz CT molecular complexity index is 880. The average molecular weight is 430 g/mol. The van der Waals surface area contributed by atoms with Gasteiger partial charge in [-0.3, -0.25) is 14.5 Å². The van der Waals surface area contributed by atoms with Gasteiger partial charge in [0.2, 0.25) is 0 Å². The predicted molar refractivity (Wildman–Crippen MR) is 108 cm³/mol. The fraction of sp³-hybridized carbons (Fsp3) is 0.100. The van der Waals surface area contributed by atoms with Crippen LogP contribution in [0.2, 0.25) is 0 Å². The van der Waals surface area contributed by atoms with E-state index in [1.165, 1.54) is 11.0 Å². The normalized spacial score (nSPS) is 15.6. The number of hydrogen-bond acceptors (Lipinski definition) is 4. The van der Waals surface area contributed by atoms with Crippen molar-refractivity contribution in [2.45, 2.75) is 6.61 Å². The van der Waals surface area contributed by atoms with E-state index in [1.54, 1.807) is 6.08 Å². The third kappa shape index (κ3) is 4.26. The van der Waals surface area contributed by atoms with Crippen LogP contribution >= 0.6 is 27.7 Å². The van der Waals surface area contributed by atoms with Crippen LogP contribution in [0.15, 0.2) is 70.6 Å². The van der Waals surface area contributed by atoms with E-state index in [0.717, 1.165) is 27.4 Å². The highest BCUT2D eigenvalue weighted by Crippen LogP contribution is 2.35. The maximum atomic E-state index is 12.4. The molecule has 1 fully saturated rings. The highest BCUT2D eigenvalue weighted by Gasteiger charge is 2.34. The molecule has 2 aromatic rings. The van der Waals surface area contributed by atoms with Crippen LogP contribution in [0.5, 0.6) is 5.75 Å². The van der Waals surface area contributed by atoms with Crippen LogP contribution in [0, 0.1) is 0 Å². The van der Waals surface area contributed by atoms with Gasteiger partial charge in [0.25, 0.3) is 11.1 Å². The van der Waals surface area contributed by atoms with Gasteiger partial charge in [-0.2, -0.15) is 0 Å². The Morgan fingerprint density at radius 2 is 1.92 bits per heavy atom. The first-order valence-electron chi connectivity index (χ1n) is 7.91. The molecule has 3 rings (SSSR count). The van der Waals surface area contributed by atoms with Gasteiger partial charge in [-0.15, -0.1) is 6.58 Å². The zero-order valence-corrected chi connectivity index (χ0v) is 16.3. The molecule has 2 amide bonds. The van der Waals surface area contributed by atoms with Crippen molar-refractivity contribution in [3.05, 3.63) is 81.7 Å². The van der Waals surface area contributed by atoms with Gasteiger partial charge in [-0.25, -0.2) is 0 Å². The van der Waals surface area contributed by atoms with Crippen LogP contribution in [-0.2, 0) is 11.4 Å². The Balaban J connectivity index is 1.85. The predicted octanol–water partition coefficient (Wildman–Crippen LogP) is 5.25. The molecule has 0 aliphatic carbocycles. The molecule has 0 saturated carbocycles. The minimum Gasteiger partial charge on any atom is -0.488 e. The number of carbonyl (C=O) groups is 2. The molecule has 0 N–H and O–H groups in total. The maximum Gasteiger partial charge on any atom is 0.293 e. The topological polar surface area (TPSA) is 46.6 Å². The number of rotatable bonds is 6. The zero-order valence-electron chi connectivity index (χ0n) is 13.9. The third-order valence-corrected chi connectivity index (χ3v) is 5.08. The molecule has 132 valence electrons. The molecular weight excluding hydrogens is 414 g/mol. The van der Waals surface area contributed by atoms with Gasteiger partial charge in [0.05, 0.1) is 4.91 Å². The van der Waals surface area contributed by atoms with Crippen LogP contribution in [0.4, 0.5) is 4.79 Å². The highest BCUT2D eigenvalue weighted by molar-refractivity contribution is 9.10. The van der Waals surface area contributed by atoms with Gasteiger partial charge in [0, 0.05) is 16.6 Å². The van der Waals surface area contributed by atoms with E-state index < -0.39 is 0 Å². The van der Waals surface area contributed by atoms with Crippen molar-refractivity contribution in [1.82, 2.24) is 4.90 Å². The summed E-state index contributed by atoms with van der Waals surface area (Å²) in [7, 11) is 0. The number of benzene rings is 2. The summed E-state index contributed by atoms with van der Waals surface area (Å²) in [5.74, 6) is 0.335. The summed E-state index contributed by atoms with van der Waals surface area (Å²) in [6.07, 6.45) is 3.23. The van der Waals surface area contributed by atoms with E-state index in [0.29, 0.717) is 17.3 Å². The molecule has 4 nitrogen and oxygen atoms in total. The Morgan fingerprint density at radius 3 is 2.65 bits per heavy atom. The largest absolute Gasteiger partial charge is 0.488 e. The summed E-state index contributed by atoms with van der Waals surface area (Å²) in [6, 6.07) is 15.4. The number of amides is 2. The first-order valence-corrected chi connectivity index (χ1v) is 9.52. The average Bonchev–Trinajstić information content (AvgIpc) is 2.90. The summed E-state index contributed by atoms with van der Waals surface area (Å²) < 4.78 is 6.79. The van der Waals surface area contributed by atoms with Gasteiger partial charge < -0.3 is 4.74 Å². The molecule has 0 bridgehead atoms. The van der Waals surface area contributed by atoms with Gasteiger partial charge in [0.15, 0.2) is 0 Å². The van der Waals surface area contributed by atoms with E-state index in [2.05, 4.69) is 22.5 Å². The molecule has 0 radical (unpaired) electrons. The number of carbonyl (C=O) groups excluding carboxylic acids is 2. The van der Waals surface area contributed by atoms with Crippen molar-refractivity contribution < 1.29 is 14.3 Å². The van der Waals surface area contributed by atoms with Crippen molar-refractivity contribution in [2.24, 2.45) is 0 Å². The van der Waals surface area contributed by atoms with E-state index >= 15 is 0 Å². The molecule has 0 unspecified atom stereocenters. The molecule has 26 heavy (non-hydrogen) atoms. The molecular formula is C20H16BrNO3S. The SMILES string of the molecule is C=CCN1C(=O)S/C(=C/c2cc(Br)ccc2OCc2ccccc2)C1=O. The number of nitrogens with zero attached hydrogens (tertiary/aromatic N) is 1. The quantitative estimate of drug-likeness (QED) is 0.464. The summed E-state index contributed by atoms with van der Waals surface area (Å²) >= 11 is 4.36. The lowest BCUT2D eigenvalue weighted by molar-refractivity contribution is -0.122. The summed E-state index contributed by atoms with van der Waals surface area (Å²) in [6.45, 7) is 4.20. The van der Waals surface area contributed by atoms with Crippen molar-refractivity contribution >= 4 is 44.9 Å². The second-order valence-corrected chi connectivity index (χ2v) is 7.45. The molecule has 1 aliphatic heterocycles. The number of halogens is 1. The van der Waals surface area contributed by atoms with Crippen molar-refractivity contribution in [3.8, 4) is 5.75 Å². The lowest BCUT2D eigenvalue weighted by Crippen LogP contribution is -2.27. The molecule has 1 saturated heterocycles. The summed E-state index contributed by atoms with van der Waals surface area (Å²) in [5.41, 5.74) is 1.78. The first-order chi connectivity index (χ1) is 12.6. The fourth-order valence-corrected chi connectivity index (χ4v) is 3.64. The van der Waals surface area contributed by atoms with Crippen LogP contribution in [0.1, 0.15) is 11.1 Å². The Morgan fingerprint density at radius 1 is 1.15 bits per heavy atom. The van der Waals surface area contributed by atoms with Crippen molar-refractivity contribution in [2.75, 3.05) is 6.54 Å². The molecule has 0 spiro atoms. The summed E-state index contributed by atoms with van der Waals surface area (Å²) in [4.78, 5) is 25.9. The molecule has 0 aromatic heterocycles. The van der Waals surface area contributed by atoms with E-state index in [4.69, 9.17) is 4.74 Å². The van der Waals surface area contributed by atoms with E-state index in [-0.39, 0.29) is 17.7 Å². The second kappa shape index (κ2) is 8.38. The molecule has 6 heteroatoms. The smallest absolute Gasteiger partial charge is 0.293 e. The number of imide groups is 1. The first kappa shape index (κ1) is 18.5. The fourth-order valence-electron chi connectivity index (χ4n) is 2.43. The minimum absolute atomic E-state index is 0.206. The third-order valence-electron chi connectivity index (χ3n) is 3.68. The van der Waals surface area contributed by atoms with Gasteiger partial charge in [0.1, 0.15) is 12.4 Å². The monoisotopic (exact) mass is 429 g/mol. The number of hydrogen-bond donors (Lipinski definition) is 0. The standard InChI is InChI=1S/C20H16BrNO3S/c1-2-10-22-19(23)18(26-20(22)24)12-15-11-16(21)8-9-17(15)25-13-14-6-4-3-5-7-14/h2-9,11-12H,1,10,13H2/b18-12+. The zero-order chi connectivity index (χ0) is 18.5. The second-order valence-electron chi connectivity index (χ2n) is 5.54. The minimum atomic E-state index is -0.311. The number of ether oxygens (including phenoxy) is 1. The lowest BCUT2D eigenvalue weighted by Gasteiger charge is -2.11. The Labute approximate surface area is 164 Å². The maximum absolute atomic E-state index is 12.4. The molecule has 2 aromatic carbocycles. The van der Waals surface area contributed by atoms with Gasteiger partial charge >= 0.3 is 0 Å². The van der Waals surface area contributed by atoms with Crippen molar-refractivity contribution in [3.63, 3.8) is 0 Å². The van der Waals surface area contributed by atoms with E-state index in [1.807, 2.05) is 48.5 Å². The van der Waals surface area contributed by atoms with Crippen LogP contribution in [0.3, 0.4) is 0 Å². The highest BCUT2D eigenvalue weighted by atomic mass is 79.9. The van der Waals surface area contributed by atoms with Gasteiger partial charge in [-0.1, -0.05) is 52.3 Å². The number of thioether (sulfide) groups is 1. The van der Waals surface area contributed by atoms with Crippen molar-refractivity contribution in [1.29, 1.82) is 0 Å².